The quantitative estimate of drug-likeness (QED) is 0.559. The van der Waals surface area contributed by atoms with E-state index in [0.717, 1.165) is 6.54 Å². The first-order chi connectivity index (χ1) is 7.15. The number of nitrogens with zero attached hydrogens (tertiary/aromatic N) is 2. The van der Waals surface area contributed by atoms with Crippen molar-refractivity contribution in [3.8, 4) is 0 Å². The second-order valence-corrected chi connectivity index (χ2v) is 3.25. The lowest BCUT2D eigenvalue weighted by atomic mass is 10.3. The first-order valence-corrected chi connectivity index (χ1v) is 4.91. The number of rotatable bonds is 5. The molecule has 15 heavy (non-hydrogen) atoms. The number of aliphatic hydroxyl groups is 1. The van der Waals surface area contributed by atoms with Crippen LogP contribution in [0.2, 0.25) is 0 Å². The number of nitrogen functional groups attached to an aromatic ring is 1. The fraction of sp³-hybridized carbons (Fsp3) is 0.556. The number of aliphatic hydroxyl groups excluding tert-OH is 1. The van der Waals surface area contributed by atoms with Gasteiger partial charge in [0, 0.05) is 18.7 Å². The van der Waals surface area contributed by atoms with Crippen molar-refractivity contribution < 1.29 is 5.11 Å². The minimum Gasteiger partial charge on any atom is -0.394 e. The lowest BCUT2D eigenvalue weighted by Gasteiger charge is -2.12. The van der Waals surface area contributed by atoms with Crippen LogP contribution >= 0.6 is 0 Å². The van der Waals surface area contributed by atoms with E-state index >= 15 is 0 Å². The minimum absolute atomic E-state index is 0.0421. The smallest absolute Gasteiger partial charge is 0.223 e. The van der Waals surface area contributed by atoms with Gasteiger partial charge in [-0.05, 0) is 13.8 Å². The highest BCUT2D eigenvalue weighted by atomic mass is 16.3. The van der Waals surface area contributed by atoms with E-state index in [9.17, 15) is 0 Å². The molecule has 1 aromatic rings. The molecule has 1 atom stereocenters. The predicted octanol–water partition coefficient (Wildman–Crippen LogP) is 0.283. The summed E-state index contributed by atoms with van der Waals surface area (Å²) in [6, 6.07) is 1.69. The summed E-state index contributed by atoms with van der Waals surface area (Å²) in [5.74, 6) is 1.50. The molecule has 1 heterocycles. The fourth-order valence-electron chi connectivity index (χ4n) is 1.11. The van der Waals surface area contributed by atoms with Crippen LogP contribution in [0.3, 0.4) is 0 Å². The number of hydrogen-bond acceptors (Lipinski definition) is 6. The monoisotopic (exact) mass is 211 g/mol. The first kappa shape index (κ1) is 11.5. The molecule has 0 aromatic carbocycles. The Hall–Kier alpha value is -1.56. The Balaban J connectivity index is 2.78. The summed E-state index contributed by atoms with van der Waals surface area (Å²) in [7, 11) is 0. The lowest BCUT2D eigenvalue weighted by molar-refractivity contribution is 0.281. The zero-order valence-electron chi connectivity index (χ0n) is 8.99. The molecule has 1 aromatic heterocycles. The molecule has 0 bridgehead atoms. The van der Waals surface area contributed by atoms with E-state index in [1.165, 1.54) is 0 Å². The number of anilines is 3. The number of nitrogens with one attached hydrogen (secondary N) is 2. The number of hydrogen-bond donors (Lipinski definition) is 4. The summed E-state index contributed by atoms with van der Waals surface area (Å²) in [5.41, 5.74) is 5.54. The SMILES string of the molecule is CCNc1cc(NC(C)CO)nc(N)n1. The van der Waals surface area contributed by atoms with Gasteiger partial charge in [-0.2, -0.15) is 9.97 Å². The molecule has 1 rings (SSSR count). The number of nitrogens with two attached hydrogens (primary N) is 1. The van der Waals surface area contributed by atoms with Crippen LogP contribution in [0.15, 0.2) is 6.07 Å². The summed E-state index contributed by atoms with van der Waals surface area (Å²) in [4.78, 5) is 8.02. The maximum Gasteiger partial charge on any atom is 0.223 e. The summed E-state index contributed by atoms with van der Waals surface area (Å²) in [6.45, 7) is 4.64. The Labute approximate surface area is 88.9 Å². The Kier molecular flexibility index (Phi) is 4.11. The van der Waals surface area contributed by atoms with Gasteiger partial charge in [0.1, 0.15) is 11.6 Å². The highest BCUT2D eigenvalue weighted by Crippen LogP contribution is 2.12. The van der Waals surface area contributed by atoms with Gasteiger partial charge in [-0.25, -0.2) is 0 Å². The second kappa shape index (κ2) is 5.35. The van der Waals surface area contributed by atoms with Gasteiger partial charge >= 0.3 is 0 Å². The number of aromatic nitrogens is 2. The molecule has 0 aliphatic rings. The maximum atomic E-state index is 8.89. The van der Waals surface area contributed by atoms with E-state index in [1.807, 2.05) is 13.8 Å². The van der Waals surface area contributed by atoms with Crippen LogP contribution in [0.4, 0.5) is 17.6 Å². The van der Waals surface area contributed by atoms with Crippen LogP contribution in [0.25, 0.3) is 0 Å². The topological polar surface area (TPSA) is 96.1 Å². The maximum absolute atomic E-state index is 8.89. The lowest BCUT2D eigenvalue weighted by Crippen LogP contribution is -2.20. The first-order valence-electron chi connectivity index (χ1n) is 4.91. The summed E-state index contributed by atoms with van der Waals surface area (Å²) < 4.78 is 0. The van der Waals surface area contributed by atoms with E-state index in [4.69, 9.17) is 10.8 Å². The van der Waals surface area contributed by atoms with Crippen LogP contribution in [0.1, 0.15) is 13.8 Å². The molecule has 0 aliphatic carbocycles. The van der Waals surface area contributed by atoms with Crippen molar-refractivity contribution in [3.05, 3.63) is 6.07 Å². The van der Waals surface area contributed by atoms with Crippen LogP contribution in [-0.2, 0) is 0 Å². The zero-order chi connectivity index (χ0) is 11.3. The summed E-state index contributed by atoms with van der Waals surface area (Å²) >= 11 is 0. The average molecular weight is 211 g/mol. The van der Waals surface area contributed by atoms with E-state index in [-0.39, 0.29) is 18.6 Å². The van der Waals surface area contributed by atoms with Crippen molar-refractivity contribution in [1.29, 1.82) is 0 Å². The molecule has 0 saturated heterocycles. The Morgan fingerprint density at radius 3 is 2.73 bits per heavy atom. The molecule has 0 radical (unpaired) electrons. The van der Waals surface area contributed by atoms with Crippen LogP contribution < -0.4 is 16.4 Å². The van der Waals surface area contributed by atoms with Gasteiger partial charge < -0.3 is 21.5 Å². The van der Waals surface area contributed by atoms with Crippen molar-refractivity contribution in [1.82, 2.24) is 9.97 Å². The van der Waals surface area contributed by atoms with E-state index < -0.39 is 0 Å². The van der Waals surface area contributed by atoms with Crippen molar-refractivity contribution >= 4 is 17.6 Å². The molecule has 0 spiro atoms. The fourth-order valence-corrected chi connectivity index (χ4v) is 1.11. The molecule has 0 fully saturated rings. The third-order valence-electron chi connectivity index (χ3n) is 1.77. The molecular weight excluding hydrogens is 194 g/mol. The third-order valence-corrected chi connectivity index (χ3v) is 1.77. The summed E-state index contributed by atoms with van der Waals surface area (Å²) in [6.07, 6.45) is 0. The largest absolute Gasteiger partial charge is 0.394 e. The van der Waals surface area contributed by atoms with Crippen molar-refractivity contribution in [2.24, 2.45) is 0 Å². The predicted molar refractivity (Wildman–Crippen MR) is 60.8 cm³/mol. The molecule has 0 aliphatic heterocycles. The van der Waals surface area contributed by atoms with Crippen LogP contribution in [0.5, 0.6) is 0 Å². The average Bonchev–Trinajstić information content (AvgIpc) is 2.17. The van der Waals surface area contributed by atoms with Crippen molar-refractivity contribution in [2.75, 3.05) is 29.5 Å². The van der Waals surface area contributed by atoms with Gasteiger partial charge in [-0.15, -0.1) is 0 Å². The van der Waals surface area contributed by atoms with Gasteiger partial charge in [-0.3, -0.25) is 0 Å². The van der Waals surface area contributed by atoms with Crippen molar-refractivity contribution in [3.63, 3.8) is 0 Å². The second-order valence-electron chi connectivity index (χ2n) is 3.25. The highest BCUT2D eigenvalue weighted by Gasteiger charge is 2.04. The Morgan fingerprint density at radius 2 is 2.13 bits per heavy atom. The third kappa shape index (κ3) is 3.59. The molecule has 5 N–H and O–H groups in total. The molecular formula is C9H17N5O. The Morgan fingerprint density at radius 1 is 1.47 bits per heavy atom. The van der Waals surface area contributed by atoms with E-state index in [2.05, 4.69) is 20.6 Å². The molecule has 84 valence electrons. The molecule has 6 nitrogen and oxygen atoms in total. The van der Waals surface area contributed by atoms with Crippen LogP contribution in [-0.4, -0.2) is 34.3 Å². The standard InChI is InChI=1S/C9H17N5O/c1-3-11-7-4-8(12-6(2)5-15)14-9(10)13-7/h4,6,15H,3,5H2,1-2H3,(H4,10,11,12,13,14). The normalized spacial score (nSPS) is 12.2. The highest BCUT2D eigenvalue weighted by molar-refractivity contribution is 5.51. The van der Waals surface area contributed by atoms with Gasteiger partial charge in [0.15, 0.2) is 0 Å². The van der Waals surface area contributed by atoms with Crippen molar-refractivity contribution in [2.45, 2.75) is 19.9 Å². The zero-order valence-corrected chi connectivity index (χ0v) is 8.99. The van der Waals surface area contributed by atoms with Gasteiger partial charge in [0.2, 0.25) is 5.95 Å². The van der Waals surface area contributed by atoms with Gasteiger partial charge in [0.25, 0.3) is 0 Å². The molecule has 0 amide bonds. The van der Waals surface area contributed by atoms with Gasteiger partial charge in [-0.1, -0.05) is 0 Å². The molecule has 6 heteroatoms. The Bertz CT molecular complexity index is 317. The summed E-state index contributed by atoms with van der Waals surface area (Å²) in [5, 5.41) is 14.9. The van der Waals surface area contributed by atoms with E-state index in [1.54, 1.807) is 6.07 Å². The molecule has 1 unspecified atom stereocenters. The minimum atomic E-state index is -0.0613. The molecule has 0 saturated carbocycles. The van der Waals surface area contributed by atoms with Crippen LogP contribution in [0, 0.1) is 0 Å². The van der Waals surface area contributed by atoms with E-state index in [0.29, 0.717) is 11.6 Å². The van der Waals surface area contributed by atoms with Gasteiger partial charge in [0.05, 0.1) is 6.61 Å².